The van der Waals surface area contributed by atoms with Gasteiger partial charge in [-0.05, 0) is 56.7 Å². The summed E-state index contributed by atoms with van der Waals surface area (Å²) in [6.45, 7) is 8.41. The van der Waals surface area contributed by atoms with Crippen LogP contribution in [0.3, 0.4) is 0 Å². The number of para-hydroxylation sites is 4. The molecule has 35 heavy (non-hydrogen) atoms. The molecule has 4 aromatic rings. The van der Waals surface area contributed by atoms with E-state index in [0.29, 0.717) is 32.7 Å². The van der Waals surface area contributed by atoms with Crippen molar-refractivity contribution in [1.82, 2.24) is 9.55 Å². The topological polar surface area (TPSA) is 56.6 Å². The van der Waals surface area contributed by atoms with E-state index in [1.807, 2.05) is 60.4 Å². The lowest BCUT2D eigenvalue weighted by Gasteiger charge is -2.20. The third-order valence-corrected chi connectivity index (χ3v) is 6.53. The summed E-state index contributed by atoms with van der Waals surface area (Å²) in [4.78, 5) is 19.9. The summed E-state index contributed by atoms with van der Waals surface area (Å²) in [7, 11) is 0. The highest BCUT2D eigenvalue weighted by Crippen LogP contribution is 2.37. The van der Waals surface area contributed by atoms with Gasteiger partial charge in [-0.15, -0.1) is 0 Å². The molecule has 1 saturated heterocycles. The van der Waals surface area contributed by atoms with Gasteiger partial charge in [0.05, 0.1) is 29.9 Å². The van der Waals surface area contributed by atoms with Crippen molar-refractivity contribution < 1.29 is 14.3 Å². The molecule has 0 bridgehead atoms. The van der Waals surface area contributed by atoms with Crippen LogP contribution in [0.4, 0.5) is 5.69 Å². The fourth-order valence-corrected chi connectivity index (χ4v) is 4.92. The van der Waals surface area contributed by atoms with Crippen molar-refractivity contribution in [3.63, 3.8) is 0 Å². The van der Waals surface area contributed by atoms with E-state index in [9.17, 15) is 4.79 Å². The second-order valence-electron chi connectivity index (χ2n) is 9.03. The Morgan fingerprint density at radius 2 is 1.77 bits per heavy atom. The predicted octanol–water partition coefficient (Wildman–Crippen LogP) is 5.65. The maximum atomic E-state index is 13.1. The summed E-state index contributed by atoms with van der Waals surface area (Å²) in [5.41, 5.74) is 5.18. The molecule has 0 radical (unpaired) electrons. The molecule has 1 aliphatic heterocycles. The maximum Gasteiger partial charge on any atom is 0.227 e. The number of anilines is 1. The van der Waals surface area contributed by atoms with Crippen LogP contribution in [-0.4, -0.2) is 35.2 Å². The molecule has 1 aromatic heterocycles. The van der Waals surface area contributed by atoms with E-state index in [-0.39, 0.29) is 11.8 Å². The van der Waals surface area contributed by atoms with E-state index in [4.69, 9.17) is 14.5 Å². The average Bonchev–Trinajstić information content (AvgIpc) is 3.41. The maximum absolute atomic E-state index is 13.1. The summed E-state index contributed by atoms with van der Waals surface area (Å²) in [5, 5.41) is 0. The molecule has 0 spiro atoms. The quantitative estimate of drug-likeness (QED) is 0.335. The number of rotatable bonds is 8. The highest BCUT2D eigenvalue weighted by molar-refractivity contribution is 5.97. The van der Waals surface area contributed by atoms with Crippen molar-refractivity contribution in [1.29, 1.82) is 0 Å². The molecule has 1 atom stereocenters. The third kappa shape index (κ3) is 4.61. The lowest BCUT2D eigenvalue weighted by molar-refractivity contribution is -0.117. The normalized spacial score (nSPS) is 15.7. The molecule has 180 valence electrons. The Labute approximate surface area is 206 Å². The smallest absolute Gasteiger partial charge is 0.227 e. The van der Waals surface area contributed by atoms with Gasteiger partial charge < -0.3 is 18.9 Å². The number of imidazole rings is 1. The first kappa shape index (κ1) is 23.0. The van der Waals surface area contributed by atoms with E-state index in [2.05, 4.69) is 36.6 Å². The molecule has 1 fully saturated rings. The molecule has 2 heterocycles. The van der Waals surface area contributed by atoms with E-state index in [1.54, 1.807) is 0 Å². The molecule has 6 nitrogen and oxygen atoms in total. The zero-order valence-corrected chi connectivity index (χ0v) is 20.5. The summed E-state index contributed by atoms with van der Waals surface area (Å²) < 4.78 is 14.2. The first-order chi connectivity index (χ1) is 17.0. The van der Waals surface area contributed by atoms with Crippen molar-refractivity contribution in [2.45, 2.75) is 39.7 Å². The van der Waals surface area contributed by atoms with Gasteiger partial charge >= 0.3 is 0 Å². The first-order valence-corrected chi connectivity index (χ1v) is 12.2. The third-order valence-electron chi connectivity index (χ3n) is 6.53. The second-order valence-corrected chi connectivity index (χ2v) is 9.03. The van der Waals surface area contributed by atoms with Crippen LogP contribution >= 0.6 is 0 Å². The standard InChI is InChI=1S/C29H31N3O3/c1-4-34-27-12-8-7-11-25(27)32-19-22(18-28(32)33)29-30-23-9-5-6-10-24(23)31(29)15-16-35-26-14-13-20(2)17-21(26)3/h5-14,17,22H,4,15-16,18-19H2,1-3H3/t22-/m1/s1. The van der Waals surface area contributed by atoms with Crippen molar-refractivity contribution in [2.75, 3.05) is 24.7 Å². The van der Waals surface area contributed by atoms with Crippen LogP contribution in [-0.2, 0) is 11.3 Å². The van der Waals surface area contributed by atoms with Crippen molar-refractivity contribution in [2.24, 2.45) is 0 Å². The summed E-state index contributed by atoms with van der Waals surface area (Å²) in [6, 6.07) is 22.1. The number of ether oxygens (including phenoxy) is 2. The summed E-state index contributed by atoms with van der Waals surface area (Å²) in [5.74, 6) is 2.65. The number of benzene rings is 3. The van der Waals surface area contributed by atoms with Crippen LogP contribution in [0.25, 0.3) is 11.0 Å². The minimum absolute atomic E-state index is 0.00862. The van der Waals surface area contributed by atoms with Gasteiger partial charge in [-0.1, -0.05) is 42.0 Å². The SMILES string of the molecule is CCOc1ccccc1N1C[C@H](c2nc3ccccc3n2CCOc2ccc(C)cc2C)CC1=O. The van der Waals surface area contributed by atoms with Crippen molar-refractivity contribution >= 4 is 22.6 Å². The number of fused-ring (bicyclic) bond motifs is 1. The van der Waals surface area contributed by atoms with E-state index in [1.165, 1.54) is 5.56 Å². The Balaban J connectivity index is 1.41. The van der Waals surface area contributed by atoms with Gasteiger partial charge in [0.2, 0.25) is 5.91 Å². The molecular formula is C29H31N3O3. The van der Waals surface area contributed by atoms with Crippen LogP contribution < -0.4 is 14.4 Å². The fourth-order valence-electron chi connectivity index (χ4n) is 4.92. The molecule has 6 heteroatoms. The van der Waals surface area contributed by atoms with Gasteiger partial charge in [0.25, 0.3) is 0 Å². The van der Waals surface area contributed by atoms with E-state index >= 15 is 0 Å². The minimum Gasteiger partial charge on any atom is -0.492 e. The Bertz CT molecular complexity index is 1360. The van der Waals surface area contributed by atoms with Crippen LogP contribution in [0, 0.1) is 13.8 Å². The molecule has 5 rings (SSSR count). The zero-order chi connectivity index (χ0) is 24.4. The number of aryl methyl sites for hydroxylation is 2. The van der Waals surface area contributed by atoms with Crippen LogP contribution in [0.5, 0.6) is 11.5 Å². The Hall–Kier alpha value is -3.80. The molecule has 0 aliphatic carbocycles. The Morgan fingerprint density at radius 1 is 0.971 bits per heavy atom. The van der Waals surface area contributed by atoms with Crippen molar-refractivity contribution in [3.05, 3.63) is 83.7 Å². The fraction of sp³-hybridized carbons (Fsp3) is 0.310. The zero-order valence-electron chi connectivity index (χ0n) is 20.5. The predicted molar refractivity (Wildman–Crippen MR) is 138 cm³/mol. The molecule has 0 N–H and O–H groups in total. The molecule has 0 unspecified atom stereocenters. The van der Waals surface area contributed by atoms with Gasteiger partial charge in [0.15, 0.2) is 0 Å². The van der Waals surface area contributed by atoms with E-state index in [0.717, 1.165) is 39.6 Å². The van der Waals surface area contributed by atoms with Gasteiger partial charge in [-0.2, -0.15) is 0 Å². The summed E-state index contributed by atoms with van der Waals surface area (Å²) >= 11 is 0. The molecule has 1 amide bonds. The van der Waals surface area contributed by atoms with Crippen LogP contribution in [0.1, 0.15) is 36.2 Å². The first-order valence-electron chi connectivity index (χ1n) is 12.2. The second kappa shape index (κ2) is 9.82. The number of hydrogen-bond donors (Lipinski definition) is 0. The largest absolute Gasteiger partial charge is 0.492 e. The molecule has 0 saturated carbocycles. The van der Waals surface area contributed by atoms with Gasteiger partial charge in [-0.25, -0.2) is 4.98 Å². The number of nitrogens with zero attached hydrogens (tertiary/aromatic N) is 3. The lowest BCUT2D eigenvalue weighted by Crippen LogP contribution is -2.25. The monoisotopic (exact) mass is 469 g/mol. The highest BCUT2D eigenvalue weighted by Gasteiger charge is 2.36. The van der Waals surface area contributed by atoms with Gasteiger partial charge in [0.1, 0.15) is 23.9 Å². The number of aromatic nitrogens is 2. The number of carbonyl (C=O) groups is 1. The number of carbonyl (C=O) groups excluding carboxylic acids is 1. The number of amides is 1. The van der Waals surface area contributed by atoms with Crippen molar-refractivity contribution in [3.8, 4) is 11.5 Å². The molecule has 3 aromatic carbocycles. The highest BCUT2D eigenvalue weighted by atomic mass is 16.5. The van der Waals surface area contributed by atoms with Crippen LogP contribution in [0.2, 0.25) is 0 Å². The minimum atomic E-state index is -0.00862. The molecular weight excluding hydrogens is 438 g/mol. The summed E-state index contributed by atoms with van der Waals surface area (Å²) in [6.07, 6.45) is 0.418. The molecule has 1 aliphatic rings. The van der Waals surface area contributed by atoms with Gasteiger partial charge in [-0.3, -0.25) is 4.79 Å². The van der Waals surface area contributed by atoms with Gasteiger partial charge in [0, 0.05) is 18.9 Å². The van der Waals surface area contributed by atoms with Crippen LogP contribution in [0.15, 0.2) is 66.7 Å². The number of hydrogen-bond acceptors (Lipinski definition) is 4. The Morgan fingerprint density at radius 3 is 2.60 bits per heavy atom. The lowest BCUT2D eigenvalue weighted by atomic mass is 10.1. The van der Waals surface area contributed by atoms with E-state index < -0.39 is 0 Å². The average molecular weight is 470 g/mol. The Kier molecular flexibility index (Phi) is 6.45.